The first-order valence-electron chi connectivity index (χ1n) is 9.92. The van der Waals surface area contributed by atoms with Crippen LogP contribution in [0.15, 0.2) is 35.8 Å². The third-order valence-corrected chi connectivity index (χ3v) is 5.62. The average molecular weight is 398 g/mol. The van der Waals surface area contributed by atoms with Crippen molar-refractivity contribution in [3.05, 3.63) is 47.1 Å². The highest BCUT2D eigenvalue weighted by Gasteiger charge is 2.27. The SMILES string of the molecule is CCc1ccc(-c2cn3c(CC(=O)NC(C)(C)CC(C)(C)C)csc3n2)cc1. The molecule has 28 heavy (non-hydrogen) atoms. The summed E-state index contributed by atoms with van der Waals surface area (Å²) in [6.45, 7) is 12.9. The van der Waals surface area contributed by atoms with Crippen LogP contribution in [-0.2, 0) is 17.6 Å². The van der Waals surface area contributed by atoms with Gasteiger partial charge in [-0.2, -0.15) is 0 Å². The summed E-state index contributed by atoms with van der Waals surface area (Å²) < 4.78 is 2.05. The Morgan fingerprint density at radius 3 is 2.43 bits per heavy atom. The lowest BCUT2D eigenvalue weighted by Crippen LogP contribution is -2.46. The number of nitrogens with one attached hydrogen (secondary N) is 1. The lowest BCUT2D eigenvalue weighted by atomic mass is 9.82. The first kappa shape index (κ1) is 20.6. The van der Waals surface area contributed by atoms with Crippen LogP contribution >= 0.6 is 11.3 Å². The normalized spacial score (nSPS) is 12.5. The Balaban J connectivity index is 1.75. The molecule has 0 saturated heterocycles. The summed E-state index contributed by atoms with van der Waals surface area (Å²) in [5, 5.41) is 5.23. The van der Waals surface area contributed by atoms with Crippen molar-refractivity contribution in [3.8, 4) is 11.3 Å². The highest BCUT2D eigenvalue weighted by Crippen LogP contribution is 2.27. The topological polar surface area (TPSA) is 46.4 Å². The van der Waals surface area contributed by atoms with Gasteiger partial charge in [-0.15, -0.1) is 11.3 Å². The van der Waals surface area contributed by atoms with Crippen molar-refractivity contribution in [3.63, 3.8) is 0 Å². The van der Waals surface area contributed by atoms with Crippen LogP contribution in [0, 0.1) is 5.41 Å². The van der Waals surface area contributed by atoms with Crippen molar-refractivity contribution in [2.24, 2.45) is 5.41 Å². The van der Waals surface area contributed by atoms with E-state index < -0.39 is 0 Å². The Morgan fingerprint density at radius 2 is 1.82 bits per heavy atom. The number of hydrogen-bond acceptors (Lipinski definition) is 3. The van der Waals surface area contributed by atoms with Crippen LogP contribution in [0.3, 0.4) is 0 Å². The van der Waals surface area contributed by atoms with Gasteiger partial charge in [-0.3, -0.25) is 9.20 Å². The summed E-state index contributed by atoms with van der Waals surface area (Å²) in [5.41, 5.74) is 4.29. The summed E-state index contributed by atoms with van der Waals surface area (Å²) in [6.07, 6.45) is 4.35. The maximum atomic E-state index is 12.7. The fourth-order valence-electron chi connectivity index (χ4n) is 3.96. The number of thiazole rings is 1. The minimum absolute atomic E-state index is 0.0523. The smallest absolute Gasteiger partial charge is 0.226 e. The molecule has 0 aliphatic heterocycles. The second-order valence-corrected chi connectivity index (χ2v) is 10.2. The van der Waals surface area contributed by atoms with E-state index in [2.05, 4.69) is 71.1 Å². The molecule has 1 amide bonds. The first-order chi connectivity index (χ1) is 13.1. The van der Waals surface area contributed by atoms with E-state index in [4.69, 9.17) is 4.98 Å². The standard InChI is InChI=1S/C23H31N3OS/c1-7-16-8-10-17(11-9-16)19-13-26-18(14-28-21(26)24-19)12-20(27)25-23(5,6)15-22(2,3)4/h8-11,13-14H,7,12,15H2,1-6H3,(H,25,27). The molecule has 2 heterocycles. The maximum absolute atomic E-state index is 12.7. The van der Waals surface area contributed by atoms with Crippen LogP contribution in [0.1, 0.15) is 59.2 Å². The van der Waals surface area contributed by atoms with Crippen LogP contribution < -0.4 is 5.32 Å². The Bertz CT molecular complexity index is 958. The van der Waals surface area contributed by atoms with Crippen molar-refractivity contribution in [2.45, 2.75) is 66.3 Å². The van der Waals surface area contributed by atoms with Crippen molar-refractivity contribution in [1.29, 1.82) is 0 Å². The van der Waals surface area contributed by atoms with Crippen LogP contribution in [-0.4, -0.2) is 20.8 Å². The Morgan fingerprint density at radius 1 is 1.14 bits per heavy atom. The number of carbonyl (C=O) groups is 1. The summed E-state index contributed by atoms with van der Waals surface area (Å²) in [6, 6.07) is 8.53. The summed E-state index contributed by atoms with van der Waals surface area (Å²) in [4.78, 5) is 18.3. The Labute approximate surface area is 172 Å². The fraction of sp³-hybridized carbons (Fsp3) is 0.478. The van der Waals surface area contributed by atoms with Gasteiger partial charge in [0.25, 0.3) is 0 Å². The predicted molar refractivity (Wildman–Crippen MR) is 118 cm³/mol. The number of aromatic nitrogens is 2. The van der Waals surface area contributed by atoms with Crippen molar-refractivity contribution >= 4 is 22.2 Å². The lowest BCUT2D eigenvalue weighted by Gasteiger charge is -2.33. The second-order valence-electron chi connectivity index (χ2n) is 9.40. The van der Waals surface area contributed by atoms with Gasteiger partial charge in [0.1, 0.15) is 0 Å². The van der Waals surface area contributed by atoms with E-state index >= 15 is 0 Å². The molecule has 0 unspecified atom stereocenters. The van der Waals surface area contributed by atoms with Gasteiger partial charge < -0.3 is 5.32 Å². The number of amides is 1. The Kier molecular flexibility index (Phi) is 5.67. The zero-order valence-corrected chi connectivity index (χ0v) is 18.6. The van der Waals surface area contributed by atoms with E-state index in [9.17, 15) is 4.79 Å². The number of aryl methyl sites for hydroxylation is 1. The number of hydrogen-bond donors (Lipinski definition) is 1. The third kappa shape index (κ3) is 5.02. The minimum atomic E-state index is -0.231. The van der Waals surface area contributed by atoms with Gasteiger partial charge in [-0.05, 0) is 37.7 Å². The molecule has 150 valence electrons. The molecule has 2 aromatic heterocycles. The molecule has 0 atom stereocenters. The number of fused-ring (bicyclic) bond motifs is 1. The van der Waals surface area contributed by atoms with E-state index in [1.165, 1.54) is 5.56 Å². The summed E-state index contributed by atoms with van der Waals surface area (Å²) in [5.74, 6) is 0.0523. The third-order valence-electron chi connectivity index (χ3n) is 4.73. The van der Waals surface area contributed by atoms with Gasteiger partial charge in [0.15, 0.2) is 4.96 Å². The molecule has 3 rings (SSSR count). The molecular formula is C23H31N3OS. The van der Waals surface area contributed by atoms with Gasteiger partial charge in [0.05, 0.1) is 12.1 Å². The van der Waals surface area contributed by atoms with Gasteiger partial charge in [-0.1, -0.05) is 52.0 Å². The molecule has 4 nitrogen and oxygen atoms in total. The van der Waals surface area contributed by atoms with Crippen molar-refractivity contribution in [1.82, 2.24) is 14.7 Å². The Hall–Kier alpha value is -2.14. The minimum Gasteiger partial charge on any atom is -0.351 e. The number of imidazole rings is 1. The van der Waals surface area contributed by atoms with E-state index in [1.807, 2.05) is 16.0 Å². The van der Waals surface area contributed by atoms with Crippen LogP contribution in [0.5, 0.6) is 0 Å². The highest BCUT2D eigenvalue weighted by molar-refractivity contribution is 7.15. The molecule has 3 aromatic rings. The average Bonchev–Trinajstić information content (AvgIpc) is 3.14. The molecule has 0 radical (unpaired) electrons. The van der Waals surface area contributed by atoms with Crippen molar-refractivity contribution < 1.29 is 4.79 Å². The van der Waals surface area contributed by atoms with Crippen molar-refractivity contribution in [2.75, 3.05) is 0 Å². The zero-order chi connectivity index (χ0) is 20.5. The fourth-order valence-corrected chi connectivity index (χ4v) is 4.84. The molecule has 1 aromatic carbocycles. The molecule has 0 fully saturated rings. The van der Waals surface area contributed by atoms with Gasteiger partial charge in [-0.25, -0.2) is 4.98 Å². The molecule has 0 saturated carbocycles. The lowest BCUT2D eigenvalue weighted by molar-refractivity contribution is -0.122. The number of carbonyl (C=O) groups excluding carboxylic acids is 1. The van der Waals surface area contributed by atoms with E-state index in [-0.39, 0.29) is 16.9 Å². The quantitative estimate of drug-likeness (QED) is 0.597. The molecule has 0 bridgehead atoms. The van der Waals surface area contributed by atoms with E-state index in [0.717, 1.165) is 34.8 Å². The maximum Gasteiger partial charge on any atom is 0.226 e. The van der Waals surface area contributed by atoms with Gasteiger partial charge in [0, 0.05) is 28.4 Å². The van der Waals surface area contributed by atoms with Crippen LogP contribution in [0.4, 0.5) is 0 Å². The molecule has 0 aliphatic rings. The summed E-state index contributed by atoms with van der Waals surface area (Å²) in [7, 11) is 0. The van der Waals surface area contributed by atoms with Crippen LogP contribution in [0.2, 0.25) is 0 Å². The van der Waals surface area contributed by atoms with E-state index in [0.29, 0.717) is 6.42 Å². The predicted octanol–water partition coefficient (Wildman–Crippen LogP) is 5.50. The van der Waals surface area contributed by atoms with E-state index in [1.54, 1.807) is 11.3 Å². The monoisotopic (exact) mass is 397 g/mol. The van der Waals surface area contributed by atoms with Gasteiger partial charge in [0.2, 0.25) is 5.91 Å². The molecule has 0 aliphatic carbocycles. The zero-order valence-electron chi connectivity index (χ0n) is 17.8. The molecular weight excluding hydrogens is 366 g/mol. The molecule has 0 spiro atoms. The largest absolute Gasteiger partial charge is 0.351 e. The number of nitrogens with zero attached hydrogens (tertiary/aromatic N) is 2. The number of rotatable bonds is 6. The van der Waals surface area contributed by atoms with Gasteiger partial charge >= 0.3 is 0 Å². The first-order valence-corrected chi connectivity index (χ1v) is 10.8. The highest BCUT2D eigenvalue weighted by atomic mass is 32.1. The molecule has 5 heteroatoms. The molecule has 1 N–H and O–H groups in total. The van der Waals surface area contributed by atoms with Crippen LogP contribution in [0.25, 0.3) is 16.2 Å². The second kappa shape index (κ2) is 7.70. The number of benzene rings is 1. The summed E-state index contributed by atoms with van der Waals surface area (Å²) >= 11 is 1.58.